The number of carboxylic acids is 1. The second kappa shape index (κ2) is 4.35. The molecule has 0 fully saturated rings. The van der Waals surface area contributed by atoms with Gasteiger partial charge in [0.05, 0.1) is 5.69 Å². The molecule has 0 unspecified atom stereocenters. The second-order valence-corrected chi connectivity index (χ2v) is 3.96. The van der Waals surface area contributed by atoms with E-state index in [2.05, 4.69) is 22.9 Å². The number of aromatic carboxylic acids is 1. The Morgan fingerprint density at radius 2 is 2.38 bits per heavy atom. The zero-order valence-electron chi connectivity index (χ0n) is 9.18. The lowest BCUT2D eigenvalue weighted by atomic mass is 10.1. The molecule has 0 amide bonds. The van der Waals surface area contributed by atoms with E-state index in [1.807, 2.05) is 0 Å². The van der Waals surface area contributed by atoms with Crippen molar-refractivity contribution in [3.8, 4) is 0 Å². The van der Waals surface area contributed by atoms with Crippen LogP contribution >= 0.6 is 0 Å². The Balaban J connectivity index is 2.33. The van der Waals surface area contributed by atoms with E-state index in [1.54, 1.807) is 12.3 Å². The summed E-state index contributed by atoms with van der Waals surface area (Å²) in [5, 5.41) is 9.08. The van der Waals surface area contributed by atoms with Crippen molar-refractivity contribution in [2.24, 2.45) is 0 Å². The van der Waals surface area contributed by atoms with Gasteiger partial charge in [-0.05, 0) is 19.4 Å². The minimum absolute atomic E-state index is 0.275. The van der Waals surface area contributed by atoms with Crippen LogP contribution in [0.5, 0.6) is 0 Å². The van der Waals surface area contributed by atoms with Crippen molar-refractivity contribution in [1.82, 2.24) is 4.98 Å². The van der Waals surface area contributed by atoms with Crippen LogP contribution in [-0.4, -0.2) is 29.1 Å². The molecule has 0 radical (unpaired) electrons. The van der Waals surface area contributed by atoms with Crippen molar-refractivity contribution in [1.29, 1.82) is 0 Å². The predicted molar refractivity (Wildman–Crippen MR) is 61.8 cm³/mol. The van der Waals surface area contributed by atoms with Crippen molar-refractivity contribution in [3.05, 3.63) is 35.7 Å². The van der Waals surface area contributed by atoms with Gasteiger partial charge >= 0.3 is 5.97 Å². The van der Waals surface area contributed by atoms with Crippen LogP contribution in [0.1, 0.15) is 23.7 Å². The van der Waals surface area contributed by atoms with Gasteiger partial charge in [0, 0.05) is 25.5 Å². The number of anilines is 1. The lowest BCUT2D eigenvalue weighted by molar-refractivity contribution is 0.0697. The molecule has 4 nitrogen and oxygen atoms in total. The van der Waals surface area contributed by atoms with E-state index in [0.717, 1.165) is 25.2 Å². The van der Waals surface area contributed by atoms with Crippen molar-refractivity contribution in [3.63, 3.8) is 0 Å². The molecule has 1 aliphatic heterocycles. The molecular formula is C12H14N2O2. The summed E-state index contributed by atoms with van der Waals surface area (Å²) in [5.41, 5.74) is 2.31. The number of carbonyl (C=O) groups is 1. The normalized spacial score (nSPS) is 15.8. The summed E-state index contributed by atoms with van der Waals surface area (Å²) in [7, 11) is 0. The summed E-state index contributed by atoms with van der Waals surface area (Å²) < 4.78 is 0. The largest absolute Gasteiger partial charge is 0.478 e. The molecule has 4 heteroatoms. The third-order valence-electron chi connectivity index (χ3n) is 2.70. The van der Waals surface area contributed by atoms with E-state index in [4.69, 9.17) is 5.11 Å². The van der Waals surface area contributed by atoms with Gasteiger partial charge in [0.25, 0.3) is 0 Å². The van der Waals surface area contributed by atoms with Crippen LogP contribution < -0.4 is 4.90 Å². The first-order chi connectivity index (χ1) is 7.68. The summed E-state index contributed by atoms with van der Waals surface area (Å²) in [6.45, 7) is 3.72. The first-order valence-electron chi connectivity index (χ1n) is 5.26. The van der Waals surface area contributed by atoms with Crippen LogP contribution in [0.25, 0.3) is 0 Å². The number of rotatable bonds is 2. The van der Waals surface area contributed by atoms with Gasteiger partial charge in [-0.1, -0.05) is 11.6 Å². The minimum Gasteiger partial charge on any atom is -0.478 e. The Morgan fingerprint density at radius 1 is 1.56 bits per heavy atom. The van der Waals surface area contributed by atoms with E-state index in [-0.39, 0.29) is 5.56 Å². The molecule has 0 bridgehead atoms. The first-order valence-corrected chi connectivity index (χ1v) is 5.26. The molecule has 2 rings (SSSR count). The zero-order chi connectivity index (χ0) is 11.5. The van der Waals surface area contributed by atoms with Gasteiger partial charge < -0.3 is 10.0 Å². The Morgan fingerprint density at radius 3 is 3.06 bits per heavy atom. The van der Waals surface area contributed by atoms with Gasteiger partial charge in [-0.15, -0.1) is 0 Å². The molecule has 0 aliphatic carbocycles. The van der Waals surface area contributed by atoms with Gasteiger partial charge in [0.15, 0.2) is 0 Å². The summed E-state index contributed by atoms with van der Waals surface area (Å²) in [4.78, 5) is 17.0. The Hall–Kier alpha value is -1.84. The van der Waals surface area contributed by atoms with Crippen LogP contribution in [-0.2, 0) is 0 Å². The molecule has 1 N–H and O–H groups in total. The van der Waals surface area contributed by atoms with Gasteiger partial charge in [0.1, 0.15) is 5.56 Å². The number of aromatic nitrogens is 1. The third-order valence-corrected chi connectivity index (χ3v) is 2.70. The molecule has 2 heterocycles. The fourth-order valence-electron chi connectivity index (χ4n) is 1.94. The Bertz CT molecular complexity index is 440. The van der Waals surface area contributed by atoms with Crippen LogP contribution in [0.4, 0.5) is 5.69 Å². The van der Waals surface area contributed by atoms with E-state index in [1.165, 1.54) is 11.8 Å². The zero-order valence-corrected chi connectivity index (χ0v) is 9.18. The average molecular weight is 218 g/mol. The van der Waals surface area contributed by atoms with E-state index < -0.39 is 5.97 Å². The molecule has 1 aromatic heterocycles. The topological polar surface area (TPSA) is 53.4 Å². The summed E-state index contributed by atoms with van der Waals surface area (Å²) in [6, 6.07) is 1.77. The highest BCUT2D eigenvalue weighted by Crippen LogP contribution is 2.23. The fraction of sp³-hybridized carbons (Fsp3) is 0.333. The SMILES string of the molecule is CC1=CCCN(c2ccncc2C(=O)O)C1. The monoisotopic (exact) mass is 218 g/mol. The maximum Gasteiger partial charge on any atom is 0.339 e. The first kappa shape index (κ1) is 10.7. The van der Waals surface area contributed by atoms with Crippen molar-refractivity contribution >= 4 is 11.7 Å². The summed E-state index contributed by atoms with van der Waals surface area (Å²) >= 11 is 0. The van der Waals surface area contributed by atoms with Crippen molar-refractivity contribution < 1.29 is 9.90 Å². The molecule has 0 saturated heterocycles. The fourth-order valence-corrected chi connectivity index (χ4v) is 1.94. The number of carboxylic acid groups (broad SMARTS) is 1. The maximum atomic E-state index is 11.1. The lowest BCUT2D eigenvalue weighted by Gasteiger charge is -2.29. The van der Waals surface area contributed by atoms with Gasteiger partial charge in [-0.2, -0.15) is 0 Å². The Kier molecular flexibility index (Phi) is 2.90. The molecule has 1 aromatic rings. The highest BCUT2D eigenvalue weighted by molar-refractivity contribution is 5.94. The standard InChI is InChI=1S/C12H14N2O2/c1-9-3-2-6-14(8-9)11-4-5-13-7-10(11)12(15)16/h3-5,7H,2,6,8H2,1H3,(H,15,16). The van der Waals surface area contributed by atoms with Gasteiger partial charge in [0.2, 0.25) is 0 Å². The predicted octanol–water partition coefficient (Wildman–Crippen LogP) is 1.94. The highest BCUT2D eigenvalue weighted by atomic mass is 16.4. The van der Waals surface area contributed by atoms with Crippen LogP contribution in [0, 0.1) is 0 Å². The van der Waals surface area contributed by atoms with Crippen molar-refractivity contribution in [2.45, 2.75) is 13.3 Å². The van der Waals surface area contributed by atoms with Crippen LogP contribution in [0.15, 0.2) is 30.1 Å². The van der Waals surface area contributed by atoms with Gasteiger partial charge in [-0.3, -0.25) is 4.98 Å². The number of pyridine rings is 1. The molecule has 1 aliphatic rings. The van der Waals surface area contributed by atoms with Crippen LogP contribution in [0.3, 0.4) is 0 Å². The average Bonchev–Trinajstić information content (AvgIpc) is 2.29. The van der Waals surface area contributed by atoms with E-state index in [9.17, 15) is 4.79 Å². The molecule has 0 atom stereocenters. The molecule has 84 valence electrons. The van der Waals surface area contributed by atoms with Crippen molar-refractivity contribution in [2.75, 3.05) is 18.0 Å². The Labute approximate surface area is 94.2 Å². The van der Waals surface area contributed by atoms with Crippen LogP contribution in [0.2, 0.25) is 0 Å². The molecule has 0 aromatic carbocycles. The second-order valence-electron chi connectivity index (χ2n) is 3.96. The quantitative estimate of drug-likeness (QED) is 0.771. The highest BCUT2D eigenvalue weighted by Gasteiger charge is 2.17. The van der Waals surface area contributed by atoms with E-state index >= 15 is 0 Å². The molecular weight excluding hydrogens is 204 g/mol. The lowest BCUT2D eigenvalue weighted by Crippen LogP contribution is -2.30. The molecule has 0 spiro atoms. The summed E-state index contributed by atoms with van der Waals surface area (Å²) in [5.74, 6) is -0.921. The number of nitrogens with zero attached hydrogens (tertiary/aromatic N) is 2. The molecule has 16 heavy (non-hydrogen) atoms. The van der Waals surface area contributed by atoms with Gasteiger partial charge in [-0.25, -0.2) is 4.79 Å². The third kappa shape index (κ3) is 2.05. The number of hydrogen-bond acceptors (Lipinski definition) is 3. The maximum absolute atomic E-state index is 11.1. The summed E-state index contributed by atoms with van der Waals surface area (Å²) in [6.07, 6.45) is 6.20. The smallest absolute Gasteiger partial charge is 0.339 e. The number of hydrogen-bond donors (Lipinski definition) is 1. The molecule has 0 saturated carbocycles. The van der Waals surface area contributed by atoms with E-state index in [0.29, 0.717) is 0 Å². The minimum atomic E-state index is -0.921.